The van der Waals surface area contributed by atoms with E-state index in [0.29, 0.717) is 19.4 Å². The molecule has 3 nitrogen and oxygen atoms in total. The van der Waals surface area contributed by atoms with E-state index in [0.717, 1.165) is 11.3 Å². The summed E-state index contributed by atoms with van der Waals surface area (Å²) in [4.78, 5) is 10.5. The predicted octanol–water partition coefficient (Wildman–Crippen LogP) is 1.95. The number of benzene rings is 1. The number of amides is 1. The molecule has 0 heterocycles. The zero-order valence-corrected chi connectivity index (χ0v) is 9.25. The second-order valence-electron chi connectivity index (χ2n) is 3.62. The van der Waals surface area contributed by atoms with Crippen LogP contribution in [0.3, 0.4) is 0 Å². The van der Waals surface area contributed by atoms with E-state index in [-0.39, 0.29) is 5.91 Å². The van der Waals surface area contributed by atoms with Gasteiger partial charge in [-0.25, -0.2) is 0 Å². The van der Waals surface area contributed by atoms with Gasteiger partial charge in [0, 0.05) is 6.42 Å². The van der Waals surface area contributed by atoms with Crippen LogP contribution in [0, 0.1) is 13.8 Å². The van der Waals surface area contributed by atoms with Crippen LogP contribution in [0.1, 0.15) is 24.0 Å². The fourth-order valence-electron chi connectivity index (χ4n) is 1.31. The molecule has 82 valence electrons. The monoisotopic (exact) mass is 207 g/mol. The highest BCUT2D eigenvalue weighted by Gasteiger charge is 2.01. The quantitative estimate of drug-likeness (QED) is 0.750. The van der Waals surface area contributed by atoms with Crippen molar-refractivity contribution in [2.75, 3.05) is 6.61 Å². The van der Waals surface area contributed by atoms with Crippen molar-refractivity contribution in [1.29, 1.82) is 0 Å². The molecule has 0 saturated heterocycles. The largest absolute Gasteiger partial charge is 0.493 e. The summed E-state index contributed by atoms with van der Waals surface area (Å²) in [7, 11) is 0. The van der Waals surface area contributed by atoms with Gasteiger partial charge in [0.25, 0.3) is 0 Å². The Bertz CT molecular complexity index is 347. The molecule has 1 rings (SSSR count). The molecule has 1 aromatic rings. The first-order valence-corrected chi connectivity index (χ1v) is 5.08. The zero-order chi connectivity index (χ0) is 11.3. The van der Waals surface area contributed by atoms with Crippen molar-refractivity contribution in [3.05, 3.63) is 29.3 Å². The number of rotatable bonds is 5. The maximum absolute atomic E-state index is 10.5. The van der Waals surface area contributed by atoms with Gasteiger partial charge >= 0.3 is 0 Å². The molecule has 3 heteroatoms. The molecule has 0 bridgehead atoms. The number of carbonyl (C=O) groups is 1. The van der Waals surface area contributed by atoms with Crippen molar-refractivity contribution in [3.63, 3.8) is 0 Å². The summed E-state index contributed by atoms with van der Waals surface area (Å²) in [5.41, 5.74) is 7.39. The van der Waals surface area contributed by atoms with Crippen LogP contribution in [0.25, 0.3) is 0 Å². The van der Waals surface area contributed by atoms with Gasteiger partial charge < -0.3 is 10.5 Å². The Kier molecular flexibility index (Phi) is 4.16. The summed E-state index contributed by atoms with van der Waals surface area (Å²) in [6.45, 7) is 4.61. The lowest BCUT2D eigenvalue weighted by atomic mass is 10.1. The molecule has 0 radical (unpaired) electrons. The van der Waals surface area contributed by atoms with E-state index in [4.69, 9.17) is 10.5 Å². The highest BCUT2D eigenvalue weighted by atomic mass is 16.5. The second-order valence-corrected chi connectivity index (χ2v) is 3.62. The van der Waals surface area contributed by atoms with E-state index in [2.05, 4.69) is 0 Å². The molecule has 0 aliphatic rings. The Labute approximate surface area is 90.2 Å². The molecule has 0 fully saturated rings. The van der Waals surface area contributed by atoms with Crippen LogP contribution >= 0.6 is 0 Å². The minimum Gasteiger partial charge on any atom is -0.493 e. The van der Waals surface area contributed by atoms with E-state index in [1.165, 1.54) is 5.56 Å². The van der Waals surface area contributed by atoms with Crippen molar-refractivity contribution >= 4 is 5.91 Å². The summed E-state index contributed by atoms with van der Waals surface area (Å²) in [6.07, 6.45) is 1.05. The Morgan fingerprint density at radius 3 is 2.80 bits per heavy atom. The molecule has 0 aliphatic heterocycles. The lowest BCUT2D eigenvalue weighted by Gasteiger charge is -2.10. The Hall–Kier alpha value is -1.51. The van der Waals surface area contributed by atoms with Crippen molar-refractivity contribution in [3.8, 4) is 5.75 Å². The number of carbonyl (C=O) groups excluding carboxylic acids is 1. The topological polar surface area (TPSA) is 52.3 Å². The number of primary amides is 1. The molecule has 0 aliphatic carbocycles. The van der Waals surface area contributed by atoms with E-state index in [1.807, 2.05) is 32.0 Å². The fourth-order valence-corrected chi connectivity index (χ4v) is 1.31. The lowest BCUT2D eigenvalue weighted by molar-refractivity contribution is -0.118. The second kappa shape index (κ2) is 5.39. The fraction of sp³-hybridized carbons (Fsp3) is 0.417. The Morgan fingerprint density at radius 1 is 1.40 bits per heavy atom. The van der Waals surface area contributed by atoms with E-state index in [9.17, 15) is 4.79 Å². The van der Waals surface area contributed by atoms with Crippen LogP contribution in [-0.2, 0) is 4.79 Å². The van der Waals surface area contributed by atoms with Crippen LogP contribution in [-0.4, -0.2) is 12.5 Å². The molecule has 0 unspecified atom stereocenters. The number of hydrogen-bond donors (Lipinski definition) is 1. The third-order valence-electron chi connectivity index (χ3n) is 2.38. The van der Waals surface area contributed by atoms with Crippen LogP contribution in [0.2, 0.25) is 0 Å². The van der Waals surface area contributed by atoms with Crippen LogP contribution < -0.4 is 10.5 Å². The molecule has 15 heavy (non-hydrogen) atoms. The average Bonchev–Trinajstić information content (AvgIpc) is 2.18. The lowest BCUT2D eigenvalue weighted by Crippen LogP contribution is -2.12. The smallest absolute Gasteiger partial charge is 0.217 e. The third kappa shape index (κ3) is 3.62. The first-order chi connectivity index (χ1) is 7.11. The van der Waals surface area contributed by atoms with Gasteiger partial charge in [-0.2, -0.15) is 0 Å². The van der Waals surface area contributed by atoms with Crippen LogP contribution in [0.15, 0.2) is 18.2 Å². The maximum atomic E-state index is 10.5. The summed E-state index contributed by atoms with van der Waals surface area (Å²) < 4.78 is 5.56. The van der Waals surface area contributed by atoms with Gasteiger partial charge in [0.1, 0.15) is 5.75 Å². The summed E-state index contributed by atoms with van der Waals surface area (Å²) >= 11 is 0. The summed E-state index contributed by atoms with van der Waals surface area (Å²) in [5, 5.41) is 0. The van der Waals surface area contributed by atoms with Gasteiger partial charge in [0.2, 0.25) is 5.91 Å². The molecule has 0 aromatic heterocycles. The molecular weight excluding hydrogens is 190 g/mol. The minimum atomic E-state index is -0.278. The molecule has 0 atom stereocenters. The maximum Gasteiger partial charge on any atom is 0.217 e. The van der Waals surface area contributed by atoms with Crippen LogP contribution in [0.4, 0.5) is 0 Å². The van der Waals surface area contributed by atoms with E-state index < -0.39 is 0 Å². The molecule has 1 amide bonds. The minimum absolute atomic E-state index is 0.278. The van der Waals surface area contributed by atoms with E-state index >= 15 is 0 Å². The SMILES string of the molecule is Cc1cccc(OCCCC(N)=O)c1C. The van der Waals surface area contributed by atoms with Crippen LogP contribution in [0.5, 0.6) is 5.75 Å². The van der Waals surface area contributed by atoms with Crippen molar-refractivity contribution < 1.29 is 9.53 Å². The van der Waals surface area contributed by atoms with Gasteiger partial charge in [-0.05, 0) is 37.5 Å². The highest BCUT2D eigenvalue weighted by molar-refractivity contribution is 5.73. The first-order valence-electron chi connectivity index (χ1n) is 5.08. The van der Waals surface area contributed by atoms with Gasteiger partial charge in [-0.3, -0.25) is 4.79 Å². The molecule has 0 spiro atoms. The van der Waals surface area contributed by atoms with E-state index in [1.54, 1.807) is 0 Å². The van der Waals surface area contributed by atoms with Gasteiger partial charge in [-0.1, -0.05) is 12.1 Å². The van der Waals surface area contributed by atoms with Crippen molar-refractivity contribution in [1.82, 2.24) is 0 Å². The third-order valence-corrected chi connectivity index (χ3v) is 2.38. The number of ether oxygens (including phenoxy) is 1. The van der Waals surface area contributed by atoms with Gasteiger partial charge in [0.05, 0.1) is 6.61 Å². The summed E-state index contributed by atoms with van der Waals surface area (Å²) in [6, 6.07) is 5.95. The molecule has 0 saturated carbocycles. The number of hydrogen-bond acceptors (Lipinski definition) is 2. The van der Waals surface area contributed by atoms with Crippen molar-refractivity contribution in [2.45, 2.75) is 26.7 Å². The number of nitrogens with two attached hydrogens (primary N) is 1. The molecule has 1 aromatic carbocycles. The Morgan fingerprint density at radius 2 is 2.13 bits per heavy atom. The molecular formula is C12H17NO2. The first kappa shape index (κ1) is 11.6. The highest BCUT2D eigenvalue weighted by Crippen LogP contribution is 2.20. The average molecular weight is 207 g/mol. The number of aryl methyl sites for hydroxylation is 1. The predicted molar refractivity (Wildman–Crippen MR) is 59.8 cm³/mol. The van der Waals surface area contributed by atoms with Crippen molar-refractivity contribution in [2.24, 2.45) is 5.73 Å². The summed E-state index contributed by atoms with van der Waals surface area (Å²) in [5.74, 6) is 0.610. The van der Waals surface area contributed by atoms with Gasteiger partial charge in [-0.15, -0.1) is 0 Å². The Balaban J connectivity index is 2.44. The standard InChI is InChI=1S/C12H17NO2/c1-9-5-3-6-11(10(9)2)15-8-4-7-12(13)14/h3,5-6H,4,7-8H2,1-2H3,(H2,13,14). The van der Waals surface area contributed by atoms with Gasteiger partial charge in [0.15, 0.2) is 0 Å². The zero-order valence-electron chi connectivity index (χ0n) is 9.25. The molecule has 2 N–H and O–H groups in total. The normalized spacial score (nSPS) is 10.0.